The highest BCUT2D eigenvalue weighted by molar-refractivity contribution is 5.83. The number of morpholine rings is 1. The average Bonchev–Trinajstić information content (AvgIpc) is 2.97. The molecule has 2 fully saturated rings. The van der Waals surface area contributed by atoms with Gasteiger partial charge in [0.2, 0.25) is 5.91 Å². The minimum Gasteiger partial charge on any atom is -0.379 e. The van der Waals surface area contributed by atoms with Crippen molar-refractivity contribution in [2.24, 2.45) is 5.73 Å². The van der Waals surface area contributed by atoms with Crippen LogP contribution < -0.4 is 5.73 Å². The summed E-state index contributed by atoms with van der Waals surface area (Å²) in [6.45, 7) is 3.59. The molecule has 22 heavy (non-hydrogen) atoms. The molecule has 1 aromatic carbocycles. The van der Waals surface area contributed by atoms with Crippen LogP contribution in [-0.4, -0.2) is 61.1 Å². The second-order valence-electron chi connectivity index (χ2n) is 5.91. The van der Waals surface area contributed by atoms with Crippen molar-refractivity contribution >= 4 is 5.91 Å². The minimum absolute atomic E-state index is 0.0231. The van der Waals surface area contributed by atoms with Gasteiger partial charge in [0.25, 0.3) is 0 Å². The zero-order valence-electron chi connectivity index (χ0n) is 12.6. The van der Waals surface area contributed by atoms with Gasteiger partial charge in [0.1, 0.15) is 11.9 Å². The summed E-state index contributed by atoms with van der Waals surface area (Å²) in [5.41, 5.74) is 6.35. The summed E-state index contributed by atoms with van der Waals surface area (Å²) in [6, 6.07) is 5.96. The average molecular weight is 307 g/mol. The van der Waals surface area contributed by atoms with E-state index < -0.39 is 6.04 Å². The third-order valence-corrected chi connectivity index (χ3v) is 4.38. The van der Waals surface area contributed by atoms with Gasteiger partial charge in [-0.25, -0.2) is 4.39 Å². The molecule has 3 rings (SSSR count). The fourth-order valence-electron chi connectivity index (χ4n) is 3.18. The molecule has 2 aliphatic heterocycles. The van der Waals surface area contributed by atoms with E-state index in [0.717, 1.165) is 6.42 Å². The summed E-state index contributed by atoms with van der Waals surface area (Å²) < 4.78 is 19.6. The van der Waals surface area contributed by atoms with E-state index in [9.17, 15) is 9.18 Å². The van der Waals surface area contributed by atoms with Crippen molar-refractivity contribution in [3.63, 3.8) is 0 Å². The lowest BCUT2D eigenvalue weighted by molar-refractivity contribution is -0.138. The molecule has 1 aromatic rings. The van der Waals surface area contributed by atoms with Crippen LogP contribution in [-0.2, 0) is 9.53 Å². The summed E-state index contributed by atoms with van der Waals surface area (Å²) in [5, 5.41) is 0. The number of ether oxygens (including phenoxy) is 1. The van der Waals surface area contributed by atoms with Crippen LogP contribution in [0, 0.1) is 5.82 Å². The number of rotatable bonds is 3. The van der Waals surface area contributed by atoms with E-state index in [0.29, 0.717) is 45.0 Å². The Morgan fingerprint density at radius 2 is 2.00 bits per heavy atom. The van der Waals surface area contributed by atoms with Crippen LogP contribution in [0.3, 0.4) is 0 Å². The number of nitrogens with zero attached hydrogens (tertiary/aromatic N) is 2. The van der Waals surface area contributed by atoms with E-state index in [-0.39, 0.29) is 17.8 Å². The lowest BCUT2D eigenvalue weighted by Gasteiger charge is -2.36. The number of hydrogen-bond donors (Lipinski definition) is 1. The maximum Gasteiger partial charge on any atom is 0.244 e. The zero-order chi connectivity index (χ0) is 15.5. The second-order valence-corrected chi connectivity index (χ2v) is 5.91. The Labute approximate surface area is 129 Å². The van der Waals surface area contributed by atoms with Crippen molar-refractivity contribution in [1.29, 1.82) is 0 Å². The molecule has 0 radical (unpaired) electrons. The van der Waals surface area contributed by atoms with E-state index in [1.165, 1.54) is 6.07 Å². The lowest BCUT2D eigenvalue weighted by atomic mass is 10.0. The molecule has 0 aliphatic carbocycles. The SMILES string of the molecule is N[C@H]1CCN(C(=O)[C@@H](c2ccccc2F)N2CCOCC2)C1. The fraction of sp³-hybridized carbons (Fsp3) is 0.562. The smallest absolute Gasteiger partial charge is 0.244 e. The van der Waals surface area contributed by atoms with Crippen molar-refractivity contribution < 1.29 is 13.9 Å². The van der Waals surface area contributed by atoms with Crippen LogP contribution >= 0.6 is 0 Å². The van der Waals surface area contributed by atoms with E-state index in [4.69, 9.17) is 10.5 Å². The summed E-state index contributed by atoms with van der Waals surface area (Å²) in [7, 11) is 0. The fourth-order valence-corrected chi connectivity index (χ4v) is 3.18. The Morgan fingerprint density at radius 1 is 1.27 bits per heavy atom. The molecule has 0 spiro atoms. The Kier molecular flexibility index (Phi) is 4.71. The van der Waals surface area contributed by atoms with Gasteiger partial charge in [0.05, 0.1) is 13.2 Å². The molecule has 0 saturated carbocycles. The molecule has 1 amide bonds. The van der Waals surface area contributed by atoms with E-state index in [1.807, 2.05) is 4.90 Å². The van der Waals surface area contributed by atoms with Gasteiger partial charge in [-0.15, -0.1) is 0 Å². The maximum absolute atomic E-state index is 14.3. The molecule has 2 N–H and O–H groups in total. The van der Waals surface area contributed by atoms with Crippen LogP contribution in [0.25, 0.3) is 0 Å². The van der Waals surface area contributed by atoms with E-state index >= 15 is 0 Å². The molecule has 0 unspecified atom stereocenters. The monoisotopic (exact) mass is 307 g/mol. The highest BCUT2D eigenvalue weighted by atomic mass is 19.1. The summed E-state index contributed by atoms with van der Waals surface area (Å²) >= 11 is 0. The third kappa shape index (κ3) is 3.14. The molecular formula is C16H22FN3O2. The van der Waals surface area contributed by atoms with Gasteiger partial charge in [0, 0.05) is 37.8 Å². The number of amides is 1. The number of likely N-dealkylation sites (tertiary alicyclic amines) is 1. The predicted molar refractivity (Wildman–Crippen MR) is 80.7 cm³/mol. The van der Waals surface area contributed by atoms with Crippen molar-refractivity contribution in [1.82, 2.24) is 9.80 Å². The lowest BCUT2D eigenvalue weighted by Crippen LogP contribution is -2.47. The molecule has 6 heteroatoms. The van der Waals surface area contributed by atoms with E-state index in [1.54, 1.807) is 23.1 Å². The summed E-state index contributed by atoms with van der Waals surface area (Å²) in [4.78, 5) is 16.7. The quantitative estimate of drug-likeness (QED) is 0.896. The first-order chi connectivity index (χ1) is 10.7. The van der Waals surface area contributed by atoms with Crippen molar-refractivity contribution in [3.8, 4) is 0 Å². The van der Waals surface area contributed by atoms with Crippen LogP contribution in [0.1, 0.15) is 18.0 Å². The first-order valence-corrected chi connectivity index (χ1v) is 7.77. The van der Waals surface area contributed by atoms with Gasteiger partial charge in [0.15, 0.2) is 0 Å². The Bertz CT molecular complexity index is 534. The number of benzene rings is 1. The standard InChI is InChI=1S/C16H22FN3O2/c17-14-4-2-1-3-13(14)15(19-7-9-22-10-8-19)16(21)20-6-5-12(18)11-20/h1-4,12,15H,5-11,18H2/t12-,15+/m0/s1. The highest BCUT2D eigenvalue weighted by Crippen LogP contribution is 2.27. The van der Waals surface area contributed by atoms with Gasteiger partial charge < -0.3 is 15.4 Å². The van der Waals surface area contributed by atoms with Crippen molar-refractivity contribution in [2.45, 2.75) is 18.5 Å². The number of halogens is 1. The molecule has 120 valence electrons. The molecule has 2 heterocycles. The second kappa shape index (κ2) is 6.73. The highest BCUT2D eigenvalue weighted by Gasteiger charge is 2.36. The number of nitrogens with two attached hydrogens (primary N) is 1. The summed E-state index contributed by atoms with van der Waals surface area (Å²) in [5.74, 6) is -0.393. The topological polar surface area (TPSA) is 58.8 Å². The predicted octanol–water partition coefficient (Wildman–Crippen LogP) is 0.759. The minimum atomic E-state index is -0.588. The number of hydrogen-bond acceptors (Lipinski definition) is 4. The summed E-state index contributed by atoms with van der Waals surface area (Å²) in [6.07, 6.45) is 0.804. The Morgan fingerprint density at radius 3 is 2.64 bits per heavy atom. The molecule has 0 bridgehead atoms. The van der Waals surface area contributed by atoms with Crippen molar-refractivity contribution in [3.05, 3.63) is 35.6 Å². The van der Waals surface area contributed by atoms with Crippen LogP contribution in [0.2, 0.25) is 0 Å². The third-order valence-electron chi connectivity index (χ3n) is 4.38. The van der Waals surface area contributed by atoms with Gasteiger partial charge in [-0.1, -0.05) is 18.2 Å². The Hall–Kier alpha value is -1.50. The molecular weight excluding hydrogens is 285 g/mol. The number of carbonyl (C=O) groups excluding carboxylic acids is 1. The Balaban J connectivity index is 1.88. The molecule has 2 atom stereocenters. The first kappa shape index (κ1) is 15.4. The molecule has 5 nitrogen and oxygen atoms in total. The number of carbonyl (C=O) groups is 1. The van der Waals surface area contributed by atoms with Crippen LogP contribution in [0.4, 0.5) is 4.39 Å². The zero-order valence-corrected chi connectivity index (χ0v) is 12.6. The van der Waals surface area contributed by atoms with Crippen molar-refractivity contribution in [2.75, 3.05) is 39.4 Å². The largest absolute Gasteiger partial charge is 0.379 e. The van der Waals surface area contributed by atoms with Gasteiger partial charge >= 0.3 is 0 Å². The van der Waals surface area contributed by atoms with Gasteiger partial charge in [-0.05, 0) is 12.5 Å². The molecule has 0 aromatic heterocycles. The first-order valence-electron chi connectivity index (χ1n) is 7.77. The van der Waals surface area contributed by atoms with Crippen LogP contribution in [0.5, 0.6) is 0 Å². The van der Waals surface area contributed by atoms with E-state index in [2.05, 4.69) is 0 Å². The van der Waals surface area contributed by atoms with Gasteiger partial charge in [-0.2, -0.15) is 0 Å². The molecule has 2 aliphatic rings. The van der Waals surface area contributed by atoms with Crippen LogP contribution in [0.15, 0.2) is 24.3 Å². The normalized spacial score (nSPS) is 24.5. The van der Waals surface area contributed by atoms with Gasteiger partial charge in [-0.3, -0.25) is 9.69 Å². The maximum atomic E-state index is 14.3. The molecule has 2 saturated heterocycles.